The molecule has 4 aromatic rings. The quantitative estimate of drug-likeness (QED) is 0.477. The molecular formula is C22H17N5O3. The van der Waals surface area contributed by atoms with Crippen LogP contribution < -0.4 is 20.5 Å². The second kappa shape index (κ2) is 8.24. The first kappa shape index (κ1) is 18.8. The van der Waals surface area contributed by atoms with Crippen LogP contribution in [-0.4, -0.2) is 17.1 Å². The summed E-state index contributed by atoms with van der Waals surface area (Å²) >= 11 is 0. The molecule has 0 radical (unpaired) electrons. The lowest BCUT2D eigenvalue weighted by Crippen LogP contribution is -2.02. The molecular weight excluding hydrogens is 382 g/mol. The van der Waals surface area contributed by atoms with Crippen LogP contribution in [0, 0.1) is 11.3 Å². The largest absolute Gasteiger partial charge is 0.497 e. The molecule has 2 aromatic carbocycles. The number of methoxy groups -OCH3 is 1. The molecule has 30 heavy (non-hydrogen) atoms. The highest BCUT2D eigenvalue weighted by Gasteiger charge is 2.14. The number of nitrogens with one attached hydrogen (secondary N) is 1. The number of pyridine rings is 1. The van der Waals surface area contributed by atoms with Crippen molar-refractivity contribution in [2.75, 3.05) is 18.2 Å². The number of nitrogens with two attached hydrogens (primary N) is 1. The van der Waals surface area contributed by atoms with Crippen LogP contribution >= 0.6 is 0 Å². The highest BCUT2D eigenvalue weighted by atomic mass is 16.5. The Morgan fingerprint density at radius 3 is 2.60 bits per heavy atom. The highest BCUT2D eigenvalue weighted by molar-refractivity contribution is 5.69. The Balaban J connectivity index is 1.60. The van der Waals surface area contributed by atoms with Crippen molar-refractivity contribution in [3.05, 3.63) is 72.8 Å². The van der Waals surface area contributed by atoms with Gasteiger partial charge in [-0.05, 0) is 36.4 Å². The minimum absolute atomic E-state index is 0.103. The first-order chi connectivity index (χ1) is 14.7. The van der Waals surface area contributed by atoms with Gasteiger partial charge in [-0.25, -0.2) is 4.98 Å². The summed E-state index contributed by atoms with van der Waals surface area (Å²) in [5, 5.41) is 12.6. The van der Waals surface area contributed by atoms with E-state index in [1.54, 1.807) is 43.6 Å². The summed E-state index contributed by atoms with van der Waals surface area (Å²) in [4.78, 5) is 8.33. The summed E-state index contributed by atoms with van der Waals surface area (Å²) in [6, 6.07) is 18.2. The van der Waals surface area contributed by atoms with Gasteiger partial charge in [0.25, 0.3) is 0 Å². The summed E-state index contributed by atoms with van der Waals surface area (Å²) < 4.78 is 16.3. The second-order valence-electron chi connectivity index (χ2n) is 6.24. The number of ether oxygens (including phenoxy) is 2. The maximum absolute atomic E-state index is 9.47. The van der Waals surface area contributed by atoms with Crippen molar-refractivity contribution in [1.29, 1.82) is 5.26 Å². The van der Waals surface area contributed by atoms with E-state index in [1.165, 1.54) is 6.39 Å². The van der Waals surface area contributed by atoms with Crippen LogP contribution in [0.15, 0.2) is 71.6 Å². The molecule has 0 fully saturated rings. The molecule has 0 saturated carbocycles. The Hall–Kier alpha value is -4.51. The van der Waals surface area contributed by atoms with E-state index in [1.807, 2.05) is 30.3 Å². The third kappa shape index (κ3) is 4.00. The standard InChI is InChI=1S/C22H17N5O3/c1-28-16-3-2-4-17(9-16)30-22-18(11-23)19(24)10-21(27-22)26-15-7-5-14(6-8-15)20-12-25-13-29-20/h2-10,12-13H,1H3,(H3,24,26,27). The Kier molecular flexibility index (Phi) is 5.17. The molecule has 0 bridgehead atoms. The van der Waals surface area contributed by atoms with Gasteiger partial charge >= 0.3 is 0 Å². The number of anilines is 3. The van der Waals surface area contributed by atoms with E-state index in [-0.39, 0.29) is 17.1 Å². The van der Waals surface area contributed by atoms with E-state index >= 15 is 0 Å². The summed E-state index contributed by atoms with van der Waals surface area (Å²) in [6.45, 7) is 0. The van der Waals surface area contributed by atoms with Crippen LogP contribution in [0.2, 0.25) is 0 Å². The third-order valence-electron chi connectivity index (χ3n) is 4.26. The van der Waals surface area contributed by atoms with Crippen LogP contribution in [0.4, 0.5) is 17.2 Å². The first-order valence-electron chi connectivity index (χ1n) is 8.95. The van der Waals surface area contributed by atoms with Gasteiger partial charge in [-0.15, -0.1) is 0 Å². The summed E-state index contributed by atoms with van der Waals surface area (Å²) in [6.07, 6.45) is 3.03. The number of nitrogen functional groups attached to an aromatic ring is 1. The highest BCUT2D eigenvalue weighted by Crippen LogP contribution is 2.32. The number of oxazole rings is 1. The van der Waals surface area contributed by atoms with E-state index in [9.17, 15) is 5.26 Å². The molecule has 4 rings (SSSR count). The van der Waals surface area contributed by atoms with Crippen LogP contribution in [0.3, 0.4) is 0 Å². The molecule has 2 heterocycles. The number of nitrogens with zero attached hydrogens (tertiary/aromatic N) is 3. The molecule has 0 aliphatic rings. The van der Waals surface area contributed by atoms with Gasteiger partial charge in [0.2, 0.25) is 5.88 Å². The van der Waals surface area contributed by atoms with Crippen molar-refractivity contribution in [2.45, 2.75) is 0 Å². The van der Waals surface area contributed by atoms with E-state index in [0.29, 0.717) is 23.1 Å². The van der Waals surface area contributed by atoms with Gasteiger partial charge in [-0.1, -0.05) is 6.07 Å². The number of benzene rings is 2. The molecule has 8 nitrogen and oxygen atoms in total. The SMILES string of the molecule is COc1cccc(Oc2nc(Nc3ccc(-c4cnco4)cc3)cc(N)c2C#N)c1. The predicted octanol–water partition coefficient (Wildman–Crippen LogP) is 4.73. The molecule has 0 spiro atoms. The van der Waals surface area contributed by atoms with Gasteiger partial charge in [0.15, 0.2) is 12.2 Å². The van der Waals surface area contributed by atoms with Crippen LogP contribution in [0.25, 0.3) is 11.3 Å². The average molecular weight is 399 g/mol. The predicted molar refractivity (Wildman–Crippen MR) is 112 cm³/mol. The number of rotatable bonds is 6. The minimum atomic E-state index is 0.103. The van der Waals surface area contributed by atoms with Gasteiger partial charge in [0.05, 0.1) is 19.0 Å². The van der Waals surface area contributed by atoms with Gasteiger partial charge < -0.3 is 24.9 Å². The Bertz CT molecular complexity index is 1200. The lowest BCUT2D eigenvalue weighted by molar-refractivity contribution is 0.407. The summed E-state index contributed by atoms with van der Waals surface area (Å²) in [5.41, 5.74) is 8.15. The number of hydrogen-bond acceptors (Lipinski definition) is 8. The fraction of sp³-hybridized carbons (Fsp3) is 0.0455. The molecule has 0 amide bonds. The van der Waals surface area contributed by atoms with Gasteiger partial charge in [-0.3, -0.25) is 0 Å². The smallest absolute Gasteiger partial charge is 0.241 e. The third-order valence-corrected chi connectivity index (χ3v) is 4.26. The summed E-state index contributed by atoms with van der Waals surface area (Å²) in [5.74, 6) is 2.33. The lowest BCUT2D eigenvalue weighted by atomic mass is 10.1. The Labute approximate surface area is 172 Å². The molecule has 0 unspecified atom stereocenters. The first-order valence-corrected chi connectivity index (χ1v) is 8.95. The number of hydrogen-bond donors (Lipinski definition) is 2. The fourth-order valence-electron chi connectivity index (χ4n) is 2.79. The van der Waals surface area contributed by atoms with Crippen LogP contribution in [0.1, 0.15) is 5.56 Å². The molecule has 3 N–H and O–H groups in total. The van der Waals surface area contributed by atoms with E-state index in [2.05, 4.69) is 15.3 Å². The maximum atomic E-state index is 9.47. The zero-order chi connectivity index (χ0) is 20.9. The van der Waals surface area contributed by atoms with Gasteiger partial charge in [-0.2, -0.15) is 10.2 Å². The van der Waals surface area contributed by atoms with Crippen molar-refractivity contribution < 1.29 is 13.9 Å². The van der Waals surface area contributed by atoms with Crippen molar-refractivity contribution >= 4 is 17.2 Å². The number of aromatic nitrogens is 2. The van der Waals surface area contributed by atoms with Crippen LogP contribution in [-0.2, 0) is 0 Å². The van der Waals surface area contributed by atoms with Crippen molar-refractivity contribution in [3.8, 4) is 34.8 Å². The molecule has 2 aromatic heterocycles. The minimum Gasteiger partial charge on any atom is -0.497 e. The molecule has 0 aliphatic carbocycles. The van der Waals surface area contributed by atoms with Crippen molar-refractivity contribution in [3.63, 3.8) is 0 Å². The Morgan fingerprint density at radius 2 is 1.90 bits per heavy atom. The van der Waals surface area contributed by atoms with E-state index in [0.717, 1.165) is 11.3 Å². The number of nitriles is 1. The fourth-order valence-corrected chi connectivity index (χ4v) is 2.79. The normalized spacial score (nSPS) is 10.3. The lowest BCUT2D eigenvalue weighted by Gasteiger charge is -2.12. The zero-order valence-electron chi connectivity index (χ0n) is 16.0. The van der Waals surface area contributed by atoms with E-state index in [4.69, 9.17) is 19.6 Å². The molecule has 0 atom stereocenters. The maximum Gasteiger partial charge on any atom is 0.241 e. The van der Waals surface area contributed by atoms with Gasteiger partial charge in [0.1, 0.15) is 28.9 Å². The second-order valence-corrected chi connectivity index (χ2v) is 6.24. The van der Waals surface area contributed by atoms with Gasteiger partial charge in [0, 0.05) is 23.4 Å². The molecule has 0 aliphatic heterocycles. The molecule has 0 saturated heterocycles. The average Bonchev–Trinajstić information content (AvgIpc) is 3.29. The molecule has 148 valence electrons. The van der Waals surface area contributed by atoms with Crippen LogP contribution in [0.5, 0.6) is 17.4 Å². The monoisotopic (exact) mass is 399 g/mol. The van der Waals surface area contributed by atoms with Crippen molar-refractivity contribution in [1.82, 2.24) is 9.97 Å². The topological polar surface area (TPSA) is 119 Å². The Morgan fingerprint density at radius 1 is 1.10 bits per heavy atom. The molecule has 8 heteroatoms. The van der Waals surface area contributed by atoms with Crippen molar-refractivity contribution in [2.24, 2.45) is 0 Å². The van der Waals surface area contributed by atoms with E-state index < -0.39 is 0 Å². The summed E-state index contributed by atoms with van der Waals surface area (Å²) in [7, 11) is 1.56. The zero-order valence-corrected chi connectivity index (χ0v) is 16.0.